The van der Waals surface area contributed by atoms with Gasteiger partial charge in [-0.3, -0.25) is 0 Å². The third-order valence-electron chi connectivity index (χ3n) is 2.98. The third-order valence-corrected chi connectivity index (χ3v) is 2.98. The molecular weight excluding hydrogens is 228 g/mol. The van der Waals surface area contributed by atoms with Gasteiger partial charge in [0.2, 0.25) is 5.95 Å². The monoisotopic (exact) mass is 250 g/mol. The van der Waals surface area contributed by atoms with Crippen LogP contribution in [0.4, 0.5) is 5.95 Å². The van der Waals surface area contributed by atoms with Crippen LogP contribution in [0.1, 0.15) is 25.2 Å². The van der Waals surface area contributed by atoms with Gasteiger partial charge in [0.05, 0.1) is 18.4 Å². The predicted molar refractivity (Wildman–Crippen MR) is 71.8 cm³/mol. The first-order valence-corrected chi connectivity index (χ1v) is 6.61. The zero-order valence-corrected chi connectivity index (χ0v) is 11.4. The van der Waals surface area contributed by atoms with Gasteiger partial charge in [-0.1, -0.05) is 6.92 Å². The van der Waals surface area contributed by atoms with Crippen molar-refractivity contribution in [2.24, 2.45) is 0 Å². The van der Waals surface area contributed by atoms with Gasteiger partial charge < -0.3 is 15.0 Å². The average molecular weight is 250 g/mol. The van der Waals surface area contributed by atoms with Crippen molar-refractivity contribution in [1.29, 1.82) is 0 Å². The molecule has 1 fully saturated rings. The molecule has 5 nitrogen and oxygen atoms in total. The SMILES string of the molecule is CCNCc1cc(C)nc(N2CCOC(C)C2)n1. The maximum atomic E-state index is 5.55. The summed E-state index contributed by atoms with van der Waals surface area (Å²) in [5.41, 5.74) is 2.07. The minimum atomic E-state index is 0.250. The molecule has 0 amide bonds. The molecule has 2 heterocycles. The molecule has 18 heavy (non-hydrogen) atoms. The van der Waals surface area contributed by atoms with Gasteiger partial charge in [-0.2, -0.15) is 0 Å². The van der Waals surface area contributed by atoms with E-state index in [0.717, 1.165) is 50.1 Å². The zero-order valence-electron chi connectivity index (χ0n) is 11.4. The second-order valence-electron chi connectivity index (χ2n) is 4.71. The number of anilines is 1. The predicted octanol–water partition coefficient (Wildman–Crippen LogP) is 1.12. The molecule has 1 aliphatic rings. The molecule has 1 atom stereocenters. The summed E-state index contributed by atoms with van der Waals surface area (Å²) in [6, 6.07) is 2.04. The van der Waals surface area contributed by atoms with Crippen LogP contribution in [0, 0.1) is 6.92 Å². The standard InChI is InChI=1S/C13H22N4O/c1-4-14-8-12-7-10(2)15-13(16-12)17-5-6-18-11(3)9-17/h7,11,14H,4-6,8-9H2,1-3H3. The van der Waals surface area contributed by atoms with Crippen molar-refractivity contribution in [3.63, 3.8) is 0 Å². The van der Waals surface area contributed by atoms with Crippen molar-refractivity contribution in [3.05, 3.63) is 17.5 Å². The van der Waals surface area contributed by atoms with Crippen LogP contribution in [0.15, 0.2) is 6.07 Å². The highest BCUT2D eigenvalue weighted by Crippen LogP contribution is 2.14. The summed E-state index contributed by atoms with van der Waals surface area (Å²) < 4.78 is 5.55. The number of aryl methyl sites for hydroxylation is 1. The zero-order chi connectivity index (χ0) is 13.0. The van der Waals surface area contributed by atoms with Gasteiger partial charge in [0.1, 0.15) is 0 Å². The largest absolute Gasteiger partial charge is 0.375 e. The first kappa shape index (κ1) is 13.2. The highest BCUT2D eigenvalue weighted by atomic mass is 16.5. The Morgan fingerprint density at radius 3 is 3.06 bits per heavy atom. The van der Waals surface area contributed by atoms with Crippen molar-refractivity contribution in [2.75, 3.05) is 31.1 Å². The van der Waals surface area contributed by atoms with Crippen LogP contribution in [0.5, 0.6) is 0 Å². The van der Waals surface area contributed by atoms with Gasteiger partial charge in [0, 0.05) is 25.3 Å². The van der Waals surface area contributed by atoms with E-state index < -0.39 is 0 Å². The molecule has 1 aliphatic heterocycles. The van der Waals surface area contributed by atoms with E-state index in [-0.39, 0.29) is 6.10 Å². The molecule has 0 saturated carbocycles. The average Bonchev–Trinajstić information content (AvgIpc) is 2.36. The van der Waals surface area contributed by atoms with Gasteiger partial charge in [-0.15, -0.1) is 0 Å². The van der Waals surface area contributed by atoms with E-state index in [0.29, 0.717) is 0 Å². The molecule has 0 radical (unpaired) electrons. The van der Waals surface area contributed by atoms with E-state index in [1.54, 1.807) is 0 Å². The maximum absolute atomic E-state index is 5.55. The smallest absolute Gasteiger partial charge is 0.225 e. The molecule has 0 spiro atoms. The molecule has 1 N–H and O–H groups in total. The Morgan fingerprint density at radius 2 is 2.33 bits per heavy atom. The van der Waals surface area contributed by atoms with E-state index in [4.69, 9.17) is 4.74 Å². The van der Waals surface area contributed by atoms with Crippen molar-refractivity contribution in [2.45, 2.75) is 33.4 Å². The summed E-state index contributed by atoms with van der Waals surface area (Å²) in [5.74, 6) is 0.832. The van der Waals surface area contributed by atoms with E-state index in [9.17, 15) is 0 Å². The molecule has 1 saturated heterocycles. The fourth-order valence-corrected chi connectivity index (χ4v) is 2.10. The molecule has 100 valence electrons. The van der Waals surface area contributed by atoms with Crippen molar-refractivity contribution in [1.82, 2.24) is 15.3 Å². The molecular formula is C13H22N4O. The summed E-state index contributed by atoms with van der Waals surface area (Å²) in [5, 5.41) is 3.30. The Hall–Kier alpha value is -1.20. The summed E-state index contributed by atoms with van der Waals surface area (Å²) in [7, 11) is 0. The lowest BCUT2D eigenvalue weighted by Crippen LogP contribution is -2.42. The Bertz CT molecular complexity index is 397. The Morgan fingerprint density at radius 1 is 1.50 bits per heavy atom. The van der Waals surface area contributed by atoms with Crippen LogP contribution in [0.25, 0.3) is 0 Å². The number of hydrogen-bond donors (Lipinski definition) is 1. The fourth-order valence-electron chi connectivity index (χ4n) is 2.10. The molecule has 0 aliphatic carbocycles. The summed E-state index contributed by atoms with van der Waals surface area (Å²) >= 11 is 0. The number of aromatic nitrogens is 2. The number of hydrogen-bond acceptors (Lipinski definition) is 5. The lowest BCUT2D eigenvalue weighted by Gasteiger charge is -2.31. The van der Waals surface area contributed by atoms with Gasteiger partial charge in [0.25, 0.3) is 0 Å². The molecule has 2 rings (SSSR count). The molecule has 0 bridgehead atoms. The minimum absolute atomic E-state index is 0.250. The maximum Gasteiger partial charge on any atom is 0.225 e. The van der Waals surface area contributed by atoms with Gasteiger partial charge >= 0.3 is 0 Å². The highest BCUT2D eigenvalue weighted by Gasteiger charge is 2.19. The van der Waals surface area contributed by atoms with Crippen LogP contribution >= 0.6 is 0 Å². The van der Waals surface area contributed by atoms with Crippen LogP contribution in [0.3, 0.4) is 0 Å². The number of ether oxygens (including phenoxy) is 1. The molecule has 1 unspecified atom stereocenters. The van der Waals surface area contributed by atoms with Gasteiger partial charge in [-0.05, 0) is 26.5 Å². The van der Waals surface area contributed by atoms with Crippen LogP contribution in [-0.4, -0.2) is 42.3 Å². The normalized spacial score (nSPS) is 20.2. The van der Waals surface area contributed by atoms with Gasteiger partial charge in [-0.25, -0.2) is 9.97 Å². The topological polar surface area (TPSA) is 50.3 Å². The molecule has 1 aromatic heterocycles. The first-order valence-electron chi connectivity index (χ1n) is 6.61. The van der Waals surface area contributed by atoms with Crippen LogP contribution in [0.2, 0.25) is 0 Å². The number of nitrogens with zero attached hydrogens (tertiary/aromatic N) is 3. The van der Waals surface area contributed by atoms with Crippen LogP contribution < -0.4 is 10.2 Å². The van der Waals surface area contributed by atoms with Gasteiger partial charge in [0.15, 0.2) is 0 Å². The summed E-state index contributed by atoms with van der Waals surface area (Å²) in [6.45, 7) is 10.4. The molecule has 1 aromatic rings. The summed E-state index contributed by atoms with van der Waals surface area (Å²) in [4.78, 5) is 11.4. The number of rotatable bonds is 4. The fraction of sp³-hybridized carbons (Fsp3) is 0.692. The van der Waals surface area contributed by atoms with Crippen molar-refractivity contribution < 1.29 is 4.74 Å². The molecule has 0 aromatic carbocycles. The van der Waals surface area contributed by atoms with Crippen molar-refractivity contribution in [3.8, 4) is 0 Å². The van der Waals surface area contributed by atoms with E-state index in [2.05, 4.69) is 34.0 Å². The second-order valence-corrected chi connectivity index (χ2v) is 4.71. The number of morpholine rings is 1. The van der Waals surface area contributed by atoms with Crippen molar-refractivity contribution >= 4 is 5.95 Å². The quantitative estimate of drug-likeness (QED) is 0.868. The third kappa shape index (κ3) is 3.40. The Kier molecular flexibility index (Phi) is 4.49. The van der Waals surface area contributed by atoms with E-state index in [1.807, 2.05) is 13.0 Å². The van der Waals surface area contributed by atoms with Crippen LogP contribution in [-0.2, 0) is 11.3 Å². The van der Waals surface area contributed by atoms with E-state index in [1.165, 1.54) is 0 Å². The Labute approximate surface area is 109 Å². The molecule has 5 heteroatoms. The Balaban J connectivity index is 2.13. The summed E-state index contributed by atoms with van der Waals surface area (Å²) in [6.07, 6.45) is 0.250. The highest BCUT2D eigenvalue weighted by molar-refractivity contribution is 5.33. The minimum Gasteiger partial charge on any atom is -0.375 e. The lowest BCUT2D eigenvalue weighted by molar-refractivity contribution is 0.0526. The van der Waals surface area contributed by atoms with E-state index >= 15 is 0 Å². The second kappa shape index (κ2) is 6.11. The first-order chi connectivity index (χ1) is 8.69. The lowest BCUT2D eigenvalue weighted by atomic mass is 10.3. The number of nitrogens with one attached hydrogen (secondary N) is 1.